The van der Waals surface area contributed by atoms with Gasteiger partial charge in [-0.3, -0.25) is 0 Å². The first kappa shape index (κ1) is 14.3. The fraction of sp³-hybridized carbons (Fsp3) is 0.0769. The third kappa shape index (κ3) is 2.59. The van der Waals surface area contributed by atoms with Crippen molar-refractivity contribution in [1.82, 2.24) is 9.55 Å². The Labute approximate surface area is 121 Å². The van der Waals surface area contributed by atoms with E-state index in [4.69, 9.17) is 16.9 Å². The van der Waals surface area contributed by atoms with Crippen LogP contribution in [0.2, 0.25) is 5.02 Å². The first-order chi connectivity index (χ1) is 9.46. The standard InChI is InChI=1S/C13H10ClN3O2S/c1-17-7-6-16-13(17)20(18,19)11(9-15)8-10-4-2-3-5-12(10)14/h2-8H,1H3. The second-order valence-electron chi connectivity index (χ2n) is 3.97. The first-order valence-corrected chi connectivity index (χ1v) is 7.41. The molecule has 2 aromatic rings. The molecule has 0 amide bonds. The van der Waals surface area contributed by atoms with Gasteiger partial charge in [0.05, 0.1) is 0 Å². The zero-order valence-electron chi connectivity index (χ0n) is 10.5. The van der Waals surface area contributed by atoms with Gasteiger partial charge < -0.3 is 4.57 Å². The largest absolute Gasteiger partial charge is 0.325 e. The number of rotatable bonds is 3. The molecular weight excluding hydrogens is 298 g/mol. The molecule has 0 saturated carbocycles. The minimum atomic E-state index is -3.96. The number of imidazole rings is 1. The lowest BCUT2D eigenvalue weighted by Crippen LogP contribution is -2.09. The summed E-state index contributed by atoms with van der Waals surface area (Å²) in [7, 11) is -2.41. The molecule has 2 rings (SSSR count). The Morgan fingerprint density at radius 1 is 1.45 bits per heavy atom. The van der Waals surface area contributed by atoms with E-state index in [1.165, 1.54) is 23.0 Å². The van der Waals surface area contributed by atoms with Crippen LogP contribution >= 0.6 is 11.6 Å². The van der Waals surface area contributed by atoms with Crippen LogP contribution in [0.4, 0.5) is 0 Å². The monoisotopic (exact) mass is 307 g/mol. The number of aromatic nitrogens is 2. The number of aryl methyl sites for hydroxylation is 1. The molecule has 5 nitrogen and oxygen atoms in total. The van der Waals surface area contributed by atoms with E-state index in [0.29, 0.717) is 10.6 Å². The predicted molar refractivity (Wildman–Crippen MR) is 75.4 cm³/mol. The maximum atomic E-state index is 12.3. The topological polar surface area (TPSA) is 75.8 Å². The van der Waals surface area contributed by atoms with Crippen molar-refractivity contribution in [3.8, 4) is 6.07 Å². The molecule has 0 unspecified atom stereocenters. The van der Waals surface area contributed by atoms with E-state index in [0.717, 1.165) is 0 Å². The van der Waals surface area contributed by atoms with Crippen LogP contribution in [0.5, 0.6) is 0 Å². The lowest BCUT2D eigenvalue weighted by Gasteiger charge is -2.03. The average Bonchev–Trinajstić information content (AvgIpc) is 2.84. The highest BCUT2D eigenvalue weighted by Gasteiger charge is 2.25. The van der Waals surface area contributed by atoms with Crippen LogP contribution in [-0.4, -0.2) is 18.0 Å². The third-order valence-corrected chi connectivity index (χ3v) is 4.62. The zero-order valence-corrected chi connectivity index (χ0v) is 12.1. The van der Waals surface area contributed by atoms with Crippen LogP contribution in [0.1, 0.15) is 5.56 Å². The zero-order chi connectivity index (χ0) is 14.8. The minimum Gasteiger partial charge on any atom is -0.325 e. The molecule has 1 aromatic carbocycles. The lowest BCUT2D eigenvalue weighted by atomic mass is 10.2. The van der Waals surface area contributed by atoms with Gasteiger partial charge in [0.1, 0.15) is 6.07 Å². The smallest absolute Gasteiger partial charge is 0.250 e. The van der Waals surface area contributed by atoms with Gasteiger partial charge in [-0.2, -0.15) is 5.26 Å². The molecule has 0 saturated heterocycles. The summed E-state index contributed by atoms with van der Waals surface area (Å²) in [5.41, 5.74) is 0.462. The number of halogens is 1. The van der Waals surface area contributed by atoms with Gasteiger partial charge in [0.25, 0.3) is 0 Å². The van der Waals surface area contributed by atoms with E-state index >= 15 is 0 Å². The molecule has 0 aliphatic rings. The van der Waals surface area contributed by atoms with E-state index in [-0.39, 0.29) is 5.16 Å². The number of nitrogens with zero attached hydrogens (tertiary/aromatic N) is 3. The highest BCUT2D eigenvalue weighted by atomic mass is 35.5. The van der Waals surface area contributed by atoms with E-state index in [1.807, 2.05) is 0 Å². The quantitative estimate of drug-likeness (QED) is 0.816. The summed E-state index contributed by atoms with van der Waals surface area (Å²) in [6.45, 7) is 0. The molecular formula is C13H10ClN3O2S. The van der Waals surface area contributed by atoms with Crippen molar-refractivity contribution in [3.05, 3.63) is 52.2 Å². The molecule has 0 atom stereocenters. The Morgan fingerprint density at radius 2 is 2.15 bits per heavy atom. The van der Waals surface area contributed by atoms with Gasteiger partial charge in [-0.1, -0.05) is 29.8 Å². The van der Waals surface area contributed by atoms with E-state index < -0.39 is 14.7 Å². The maximum Gasteiger partial charge on any atom is 0.250 e. The van der Waals surface area contributed by atoms with E-state index in [1.54, 1.807) is 37.4 Å². The third-order valence-electron chi connectivity index (χ3n) is 2.61. The van der Waals surface area contributed by atoms with Crippen LogP contribution in [0, 0.1) is 11.3 Å². The Kier molecular flexibility index (Phi) is 3.93. The molecule has 0 fully saturated rings. The first-order valence-electron chi connectivity index (χ1n) is 5.55. The van der Waals surface area contributed by atoms with Crippen molar-refractivity contribution in [1.29, 1.82) is 5.26 Å². The van der Waals surface area contributed by atoms with Crippen molar-refractivity contribution in [2.24, 2.45) is 7.05 Å². The lowest BCUT2D eigenvalue weighted by molar-refractivity contribution is 0.586. The molecule has 0 spiro atoms. The average molecular weight is 308 g/mol. The van der Waals surface area contributed by atoms with Crippen molar-refractivity contribution in [2.45, 2.75) is 5.16 Å². The molecule has 1 aromatic heterocycles. The van der Waals surface area contributed by atoms with Gasteiger partial charge >= 0.3 is 0 Å². The van der Waals surface area contributed by atoms with Crippen molar-refractivity contribution in [3.63, 3.8) is 0 Å². The van der Waals surface area contributed by atoms with Crippen LogP contribution in [0.25, 0.3) is 6.08 Å². The highest BCUT2D eigenvalue weighted by molar-refractivity contribution is 7.95. The molecule has 0 aliphatic heterocycles. The van der Waals surface area contributed by atoms with Crippen LogP contribution in [0.3, 0.4) is 0 Å². The minimum absolute atomic E-state index is 0.183. The second-order valence-corrected chi connectivity index (χ2v) is 6.19. The molecule has 7 heteroatoms. The Morgan fingerprint density at radius 3 is 2.70 bits per heavy atom. The summed E-state index contributed by atoms with van der Waals surface area (Å²) < 4.78 is 26.0. The van der Waals surface area contributed by atoms with Crippen molar-refractivity contribution in [2.75, 3.05) is 0 Å². The van der Waals surface area contributed by atoms with Crippen molar-refractivity contribution >= 4 is 27.5 Å². The number of hydrogen-bond donors (Lipinski definition) is 0. The summed E-state index contributed by atoms with van der Waals surface area (Å²) in [6.07, 6.45) is 4.10. The molecule has 102 valence electrons. The van der Waals surface area contributed by atoms with Crippen LogP contribution < -0.4 is 0 Å². The number of nitriles is 1. The number of allylic oxidation sites excluding steroid dienone is 1. The summed E-state index contributed by atoms with van der Waals surface area (Å²) in [4.78, 5) is 3.37. The Bertz CT molecular complexity index is 816. The SMILES string of the molecule is Cn1ccnc1S(=O)(=O)C(C#N)=Cc1ccccc1Cl. The molecule has 20 heavy (non-hydrogen) atoms. The molecule has 0 bridgehead atoms. The van der Waals surface area contributed by atoms with Gasteiger partial charge in [0.2, 0.25) is 15.0 Å². The number of hydrogen-bond acceptors (Lipinski definition) is 4. The number of benzene rings is 1. The molecule has 0 radical (unpaired) electrons. The van der Waals surface area contributed by atoms with E-state index in [2.05, 4.69) is 4.98 Å². The van der Waals surface area contributed by atoms with Crippen molar-refractivity contribution < 1.29 is 8.42 Å². The van der Waals surface area contributed by atoms with E-state index in [9.17, 15) is 8.42 Å². The summed E-state index contributed by atoms with van der Waals surface area (Å²) in [5, 5.41) is 9.31. The predicted octanol–water partition coefficient (Wildman–Crippen LogP) is 2.41. The van der Waals surface area contributed by atoms with Gasteiger partial charge in [-0.15, -0.1) is 0 Å². The van der Waals surface area contributed by atoms with Gasteiger partial charge in [-0.05, 0) is 17.7 Å². The van der Waals surface area contributed by atoms with Gasteiger partial charge in [-0.25, -0.2) is 13.4 Å². The summed E-state index contributed by atoms with van der Waals surface area (Å²) in [5.74, 6) is 0. The molecule has 0 N–H and O–H groups in total. The van der Waals surface area contributed by atoms with Gasteiger partial charge in [0.15, 0.2) is 4.91 Å². The fourth-order valence-corrected chi connectivity index (χ4v) is 3.04. The highest BCUT2D eigenvalue weighted by Crippen LogP contribution is 2.23. The Balaban J connectivity index is 2.58. The molecule has 0 aliphatic carbocycles. The van der Waals surface area contributed by atoms with Crippen LogP contribution in [0.15, 0.2) is 46.7 Å². The Hall–Kier alpha value is -2.10. The van der Waals surface area contributed by atoms with Crippen LogP contribution in [-0.2, 0) is 16.9 Å². The second kappa shape index (κ2) is 5.49. The summed E-state index contributed by atoms with van der Waals surface area (Å²) in [6, 6.07) is 8.38. The van der Waals surface area contributed by atoms with Gasteiger partial charge in [0, 0.05) is 24.5 Å². The maximum absolute atomic E-state index is 12.3. The number of sulfone groups is 1. The molecule has 1 heterocycles. The fourth-order valence-electron chi connectivity index (χ4n) is 1.61. The summed E-state index contributed by atoms with van der Waals surface area (Å²) >= 11 is 5.96. The normalized spacial score (nSPS) is 12.2.